The van der Waals surface area contributed by atoms with Gasteiger partial charge in [-0.05, 0) is 5.56 Å². The van der Waals surface area contributed by atoms with Crippen molar-refractivity contribution in [3.63, 3.8) is 0 Å². The van der Waals surface area contributed by atoms with Crippen LogP contribution in [0.15, 0.2) is 24.3 Å². The minimum absolute atomic E-state index is 0.355. The van der Waals surface area contributed by atoms with Crippen molar-refractivity contribution in [2.45, 2.75) is 6.61 Å². The summed E-state index contributed by atoms with van der Waals surface area (Å²) in [6, 6.07) is 8.25. The molecule has 1 aromatic carbocycles. The lowest BCUT2D eigenvalue weighted by atomic mass is 9.95. The zero-order chi connectivity index (χ0) is 8.81. The van der Waals surface area contributed by atoms with Crippen LogP contribution in [0.3, 0.4) is 0 Å². The fraction of sp³-hybridized carbons (Fsp3) is 0.333. The Morgan fingerprint density at radius 1 is 1.42 bits per heavy atom. The Hall–Kier alpha value is -0.795. The number of methoxy groups -OCH3 is 1. The number of rotatable bonds is 4. The van der Waals surface area contributed by atoms with Crippen molar-refractivity contribution in [3.05, 3.63) is 29.8 Å². The second-order valence-corrected chi connectivity index (χ2v) is 2.74. The molecular weight excluding hydrogens is 151 g/mol. The summed E-state index contributed by atoms with van der Waals surface area (Å²) < 4.78 is 9.97. The van der Waals surface area contributed by atoms with Gasteiger partial charge in [0.15, 0.2) is 0 Å². The van der Waals surface area contributed by atoms with E-state index in [2.05, 4.69) is 20.0 Å². The lowest BCUT2D eigenvalue weighted by Crippen LogP contribution is -2.04. The summed E-state index contributed by atoms with van der Waals surface area (Å²) in [5.41, 5.74) is 2.44. The van der Waals surface area contributed by atoms with E-state index >= 15 is 0 Å². The molecule has 0 radical (unpaired) electrons. The van der Waals surface area contributed by atoms with Crippen LogP contribution in [-0.2, 0) is 16.1 Å². The minimum Gasteiger partial charge on any atom is -0.359 e. The molecule has 64 valence electrons. The molecule has 1 rings (SSSR count). The van der Waals surface area contributed by atoms with Crippen molar-refractivity contribution in [2.24, 2.45) is 0 Å². The maximum atomic E-state index is 5.20. The first kappa shape index (κ1) is 9.29. The lowest BCUT2D eigenvalue weighted by molar-refractivity contribution is -0.0390. The van der Waals surface area contributed by atoms with Gasteiger partial charge in [0, 0.05) is 7.11 Å². The SMILES string of the molecule is Bc1cccc(COCOC)c1. The van der Waals surface area contributed by atoms with Gasteiger partial charge in [-0.3, -0.25) is 0 Å². The van der Waals surface area contributed by atoms with E-state index in [1.165, 1.54) is 11.0 Å². The molecule has 0 atom stereocenters. The van der Waals surface area contributed by atoms with Crippen LogP contribution in [-0.4, -0.2) is 21.7 Å². The normalized spacial score (nSPS) is 10.1. The predicted octanol–water partition coefficient (Wildman–Crippen LogP) is 0.0655. The second-order valence-electron chi connectivity index (χ2n) is 2.74. The van der Waals surface area contributed by atoms with Crippen molar-refractivity contribution in [2.75, 3.05) is 13.9 Å². The highest BCUT2D eigenvalue weighted by Crippen LogP contribution is 1.97. The van der Waals surface area contributed by atoms with Gasteiger partial charge in [0.25, 0.3) is 0 Å². The topological polar surface area (TPSA) is 18.5 Å². The van der Waals surface area contributed by atoms with E-state index in [0.717, 1.165) is 0 Å². The number of benzene rings is 1. The van der Waals surface area contributed by atoms with Crippen LogP contribution in [0.25, 0.3) is 0 Å². The summed E-state index contributed by atoms with van der Waals surface area (Å²) in [5, 5.41) is 0. The smallest absolute Gasteiger partial charge is 0.146 e. The fourth-order valence-electron chi connectivity index (χ4n) is 1.04. The molecule has 0 fully saturated rings. The first-order valence-corrected chi connectivity index (χ1v) is 3.95. The molecular formula is C9H13BO2. The molecule has 0 amide bonds. The van der Waals surface area contributed by atoms with Crippen LogP contribution in [0.5, 0.6) is 0 Å². The van der Waals surface area contributed by atoms with Crippen molar-refractivity contribution in [3.8, 4) is 0 Å². The Kier molecular flexibility index (Phi) is 3.84. The summed E-state index contributed by atoms with van der Waals surface area (Å²) in [7, 11) is 3.69. The summed E-state index contributed by atoms with van der Waals surface area (Å²) in [6.07, 6.45) is 0. The van der Waals surface area contributed by atoms with Gasteiger partial charge in [0.2, 0.25) is 0 Å². The molecule has 0 saturated carbocycles. The highest BCUT2D eigenvalue weighted by molar-refractivity contribution is 6.32. The van der Waals surface area contributed by atoms with Crippen LogP contribution in [0.4, 0.5) is 0 Å². The van der Waals surface area contributed by atoms with Gasteiger partial charge in [-0.2, -0.15) is 0 Å². The van der Waals surface area contributed by atoms with Gasteiger partial charge in [-0.15, -0.1) is 0 Å². The van der Waals surface area contributed by atoms with Crippen molar-refractivity contribution in [1.82, 2.24) is 0 Å². The zero-order valence-corrected chi connectivity index (χ0v) is 7.54. The average Bonchev–Trinajstić information content (AvgIpc) is 2.05. The molecule has 0 unspecified atom stereocenters. The van der Waals surface area contributed by atoms with Gasteiger partial charge in [0.1, 0.15) is 14.6 Å². The Morgan fingerprint density at radius 2 is 2.25 bits per heavy atom. The van der Waals surface area contributed by atoms with Gasteiger partial charge in [-0.25, -0.2) is 0 Å². The Morgan fingerprint density at radius 3 is 2.92 bits per heavy atom. The van der Waals surface area contributed by atoms with Crippen molar-refractivity contribution in [1.29, 1.82) is 0 Å². The fourth-order valence-corrected chi connectivity index (χ4v) is 1.04. The molecule has 0 saturated heterocycles. The van der Waals surface area contributed by atoms with E-state index < -0.39 is 0 Å². The maximum absolute atomic E-state index is 5.20. The molecule has 0 bridgehead atoms. The van der Waals surface area contributed by atoms with Crippen LogP contribution < -0.4 is 5.46 Å². The largest absolute Gasteiger partial charge is 0.359 e. The van der Waals surface area contributed by atoms with E-state index in [0.29, 0.717) is 13.4 Å². The molecule has 0 aliphatic carbocycles. The Bertz CT molecular complexity index is 238. The van der Waals surface area contributed by atoms with Crippen LogP contribution in [0.1, 0.15) is 5.56 Å². The Labute approximate surface area is 73.9 Å². The molecule has 2 nitrogen and oxygen atoms in total. The second kappa shape index (κ2) is 4.96. The van der Waals surface area contributed by atoms with Gasteiger partial charge in [0.05, 0.1) is 6.61 Å². The van der Waals surface area contributed by atoms with Gasteiger partial charge >= 0.3 is 0 Å². The standard InChI is InChI=1S/C9H13BO2/c1-11-7-12-6-8-3-2-4-9(10)5-8/h2-5H,6-7,10H2,1H3. The molecule has 1 aromatic rings. The van der Waals surface area contributed by atoms with Crippen LogP contribution in [0.2, 0.25) is 0 Å². The quantitative estimate of drug-likeness (QED) is 0.356. The molecule has 0 aromatic heterocycles. The summed E-state index contributed by atoms with van der Waals surface area (Å²) in [5.74, 6) is 0. The number of hydrogen-bond acceptors (Lipinski definition) is 2. The molecule has 12 heavy (non-hydrogen) atoms. The maximum Gasteiger partial charge on any atom is 0.146 e. The lowest BCUT2D eigenvalue weighted by Gasteiger charge is -2.03. The number of hydrogen-bond donors (Lipinski definition) is 0. The van der Waals surface area contributed by atoms with E-state index in [9.17, 15) is 0 Å². The summed E-state index contributed by atoms with van der Waals surface area (Å²) >= 11 is 0. The van der Waals surface area contributed by atoms with Crippen LogP contribution >= 0.6 is 0 Å². The highest BCUT2D eigenvalue weighted by Gasteiger charge is 1.91. The molecule has 0 aliphatic rings. The highest BCUT2D eigenvalue weighted by atomic mass is 16.7. The molecule has 3 heteroatoms. The third-order valence-electron chi connectivity index (χ3n) is 1.55. The number of ether oxygens (including phenoxy) is 2. The van der Waals surface area contributed by atoms with Gasteiger partial charge in [-0.1, -0.05) is 29.7 Å². The van der Waals surface area contributed by atoms with Gasteiger partial charge < -0.3 is 9.47 Å². The first-order chi connectivity index (χ1) is 5.83. The van der Waals surface area contributed by atoms with Crippen molar-refractivity contribution < 1.29 is 9.47 Å². The molecule has 0 spiro atoms. The van der Waals surface area contributed by atoms with E-state index in [4.69, 9.17) is 9.47 Å². The van der Waals surface area contributed by atoms with E-state index in [-0.39, 0.29) is 0 Å². The summed E-state index contributed by atoms with van der Waals surface area (Å²) in [6.45, 7) is 0.976. The average molecular weight is 164 g/mol. The molecule has 0 heterocycles. The summed E-state index contributed by atoms with van der Waals surface area (Å²) in [4.78, 5) is 0. The minimum atomic E-state index is 0.355. The first-order valence-electron chi connectivity index (χ1n) is 3.95. The van der Waals surface area contributed by atoms with E-state index in [1.54, 1.807) is 7.11 Å². The monoisotopic (exact) mass is 164 g/mol. The third kappa shape index (κ3) is 3.07. The predicted molar refractivity (Wildman–Crippen MR) is 51.3 cm³/mol. The Balaban J connectivity index is 2.41. The third-order valence-corrected chi connectivity index (χ3v) is 1.55. The molecule has 0 N–H and O–H groups in total. The zero-order valence-electron chi connectivity index (χ0n) is 7.54. The molecule has 0 aliphatic heterocycles. The van der Waals surface area contributed by atoms with Crippen molar-refractivity contribution >= 4 is 13.3 Å². The van der Waals surface area contributed by atoms with E-state index in [1.807, 2.05) is 12.1 Å². The van der Waals surface area contributed by atoms with Crippen LogP contribution in [0, 0.1) is 0 Å².